The maximum atomic E-state index is 12.2. The fraction of sp³-hybridized carbons (Fsp3) is 0.444. The third-order valence-corrected chi connectivity index (χ3v) is 5.17. The van der Waals surface area contributed by atoms with Crippen LogP contribution >= 0.6 is 11.3 Å². The Labute approximate surface area is 141 Å². The summed E-state index contributed by atoms with van der Waals surface area (Å²) in [7, 11) is 0. The first-order valence-electron chi connectivity index (χ1n) is 8.21. The number of thiazole rings is 1. The van der Waals surface area contributed by atoms with Gasteiger partial charge in [0.05, 0.1) is 17.1 Å². The van der Waals surface area contributed by atoms with Crippen LogP contribution in [0.2, 0.25) is 0 Å². The van der Waals surface area contributed by atoms with Gasteiger partial charge in [0.25, 0.3) is 0 Å². The molecule has 1 fully saturated rings. The van der Waals surface area contributed by atoms with Gasteiger partial charge in [0, 0.05) is 23.9 Å². The predicted molar refractivity (Wildman–Crippen MR) is 93.4 cm³/mol. The molecule has 3 N–H and O–H groups in total. The summed E-state index contributed by atoms with van der Waals surface area (Å²) in [5, 5.41) is 6.17. The van der Waals surface area contributed by atoms with Gasteiger partial charge in [-0.15, -0.1) is 11.3 Å². The molecule has 0 atom stereocenters. The molecule has 0 radical (unpaired) electrons. The van der Waals surface area contributed by atoms with Gasteiger partial charge in [0.15, 0.2) is 0 Å². The standard InChI is InChI=1S/C18H23N3OS/c19-14-6-8-15(9-7-14)20-17(22)11-16-12-23-18(21-16)10-13-4-2-1-3-5-13/h1-5,12,14-15H,6-11,19H2,(H,20,22). The molecular weight excluding hydrogens is 306 g/mol. The SMILES string of the molecule is NC1CCC(NC(=O)Cc2csc(Cc3ccccc3)n2)CC1. The minimum atomic E-state index is 0.0713. The van der Waals surface area contributed by atoms with Gasteiger partial charge in [0.2, 0.25) is 5.91 Å². The van der Waals surface area contributed by atoms with Crippen molar-refractivity contribution in [1.29, 1.82) is 0 Å². The van der Waals surface area contributed by atoms with Crippen molar-refractivity contribution in [2.75, 3.05) is 0 Å². The van der Waals surface area contributed by atoms with Gasteiger partial charge in [0.1, 0.15) is 0 Å². The molecule has 122 valence electrons. The van der Waals surface area contributed by atoms with Gasteiger partial charge in [-0.05, 0) is 31.2 Å². The lowest BCUT2D eigenvalue weighted by Crippen LogP contribution is -2.41. The van der Waals surface area contributed by atoms with E-state index in [9.17, 15) is 4.79 Å². The zero-order valence-electron chi connectivity index (χ0n) is 13.2. The predicted octanol–water partition coefficient (Wildman–Crippen LogP) is 2.66. The highest BCUT2D eigenvalue weighted by atomic mass is 32.1. The van der Waals surface area contributed by atoms with Gasteiger partial charge in [-0.25, -0.2) is 4.98 Å². The summed E-state index contributed by atoms with van der Waals surface area (Å²) < 4.78 is 0. The normalized spacial score (nSPS) is 21.1. The van der Waals surface area contributed by atoms with E-state index in [2.05, 4.69) is 22.4 Å². The second kappa shape index (κ2) is 7.70. The largest absolute Gasteiger partial charge is 0.353 e. The molecule has 4 nitrogen and oxygen atoms in total. The number of nitrogens with one attached hydrogen (secondary N) is 1. The van der Waals surface area contributed by atoms with Crippen molar-refractivity contribution in [3.05, 3.63) is 52.0 Å². The minimum absolute atomic E-state index is 0.0713. The Kier molecular flexibility index (Phi) is 5.41. The minimum Gasteiger partial charge on any atom is -0.353 e. The Balaban J connectivity index is 1.49. The van der Waals surface area contributed by atoms with E-state index in [1.807, 2.05) is 23.6 Å². The highest BCUT2D eigenvalue weighted by molar-refractivity contribution is 7.09. The second-order valence-electron chi connectivity index (χ2n) is 6.25. The Bertz CT molecular complexity index is 633. The number of aromatic nitrogens is 1. The summed E-state index contributed by atoms with van der Waals surface area (Å²) in [6.45, 7) is 0. The molecular formula is C18H23N3OS. The van der Waals surface area contributed by atoms with E-state index in [4.69, 9.17) is 5.73 Å². The summed E-state index contributed by atoms with van der Waals surface area (Å²) >= 11 is 1.63. The zero-order chi connectivity index (χ0) is 16.1. The van der Waals surface area contributed by atoms with Crippen molar-refractivity contribution in [2.24, 2.45) is 5.73 Å². The average Bonchev–Trinajstić information content (AvgIpc) is 2.97. The topological polar surface area (TPSA) is 68.0 Å². The van der Waals surface area contributed by atoms with Gasteiger partial charge < -0.3 is 11.1 Å². The van der Waals surface area contributed by atoms with E-state index in [0.717, 1.165) is 42.8 Å². The molecule has 3 rings (SSSR count). The Morgan fingerprint density at radius 1 is 1.22 bits per heavy atom. The molecule has 0 saturated heterocycles. The number of amides is 1. The highest BCUT2D eigenvalue weighted by Gasteiger charge is 2.20. The monoisotopic (exact) mass is 329 g/mol. The number of carbonyl (C=O) groups excluding carboxylic acids is 1. The van der Waals surface area contributed by atoms with Gasteiger partial charge in [-0.2, -0.15) is 0 Å². The number of hydrogen-bond acceptors (Lipinski definition) is 4. The van der Waals surface area contributed by atoms with Gasteiger partial charge >= 0.3 is 0 Å². The molecule has 5 heteroatoms. The molecule has 1 heterocycles. The van der Waals surface area contributed by atoms with E-state index in [1.54, 1.807) is 11.3 Å². The summed E-state index contributed by atoms with van der Waals surface area (Å²) in [5.41, 5.74) is 8.01. The molecule has 0 unspecified atom stereocenters. The van der Waals surface area contributed by atoms with Crippen molar-refractivity contribution < 1.29 is 4.79 Å². The van der Waals surface area contributed by atoms with Crippen molar-refractivity contribution in [3.8, 4) is 0 Å². The van der Waals surface area contributed by atoms with Crippen LogP contribution in [-0.4, -0.2) is 23.0 Å². The lowest BCUT2D eigenvalue weighted by Gasteiger charge is -2.26. The third-order valence-electron chi connectivity index (χ3n) is 4.28. The van der Waals surface area contributed by atoms with Crippen LogP contribution in [0, 0.1) is 0 Å². The number of carbonyl (C=O) groups is 1. The maximum Gasteiger partial charge on any atom is 0.226 e. The summed E-state index contributed by atoms with van der Waals surface area (Å²) in [6, 6.07) is 10.9. The Morgan fingerprint density at radius 3 is 2.70 bits per heavy atom. The molecule has 23 heavy (non-hydrogen) atoms. The lowest BCUT2D eigenvalue weighted by atomic mass is 9.92. The van der Waals surface area contributed by atoms with Crippen LogP contribution in [0.4, 0.5) is 0 Å². The van der Waals surface area contributed by atoms with Crippen LogP contribution < -0.4 is 11.1 Å². The van der Waals surface area contributed by atoms with E-state index < -0.39 is 0 Å². The number of nitrogens with zero attached hydrogens (tertiary/aromatic N) is 1. The van der Waals surface area contributed by atoms with Crippen molar-refractivity contribution in [2.45, 2.75) is 50.6 Å². The molecule has 2 aromatic rings. The molecule has 0 aliphatic heterocycles. The molecule has 1 aliphatic rings. The fourth-order valence-corrected chi connectivity index (χ4v) is 3.82. The lowest BCUT2D eigenvalue weighted by molar-refractivity contribution is -0.121. The van der Waals surface area contributed by atoms with Crippen LogP contribution in [0.25, 0.3) is 0 Å². The first-order valence-corrected chi connectivity index (χ1v) is 9.09. The molecule has 0 spiro atoms. The Hall–Kier alpha value is -1.72. The number of benzene rings is 1. The van der Waals surface area contributed by atoms with Crippen LogP contribution in [0.5, 0.6) is 0 Å². The Morgan fingerprint density at radius 2 is 1.96 bits per heavy atom. The van der Waals surface area contributed by atoms with E-state index in [0.29, 0.717) is 12.5 Å². The first-order chi connectivity index (χ1) is 11.2. The van der Waals surface area contributed by atoms with Crippen molar-refractivity contribution >= 4 is 17.2 Å². The average molecular weight is 329 g/mol. The molecule has 1 saturated carbocycles. The molecule has 1 aliphatic carbocycles. The van der Waals surface area contributed by atoms with Crippen LogP contribution in [0.3, 0.4) is 0 Å². The third kappa shape index (κ3) is 4.88. The maximum absolute atomic E-state index is 12.2. The molecule has 1 aromatic carbocycles. The summed E-state index contributed by atoms with van der Waals surface area (Å²) in [6.07, 6.45) is 5.18. The van der Waals surface area contributed by atoms with Gasteiger partial charge in [-0.3, -0.25) is 4.79 Å². The molecule has 1 amide bonds. The molecule has 0 bridgehead atoms. The van der Waals surface area contributed by atoms with Crippen molar-refractivity contribution in [3.63, 3.8) is 0 Å². The van der Waals surface area contributed by atoms with E-state index in [-0.39, 0.29) is 11.9 Å². The second-order valence-corrected chi connectivity index (χ2v) is 7.19. The summed E-state index contributed by atoms with van der Waals surface area (Å²) in [4.78, 5) is 16.7. The van der Waals surface area contributed by atoms with Crippen LogP contribution in [-0.2, 0) is 17.6 Å². The van der Waals surface area contributed by atoms with Crippen LogP contribution in [0.1, 0.15) is 41.9 Å². The highest BCUT2D eigenvalue weighted by Crippen LogP contribution is 2.18. The van der Waals surface area contributed by atoms with Crippen LogP contribution in [0.15, 0.2) is 35.7 Å². The zero-order valence-corrected chi connectivity index (χ0v) is 14.0. The number of nitrogens with two attached hydrogens (primary N) is 1. The quantitative estimate of drug-likeness (QED) is 0.886. The van der Waals surface area contributed by atoms with E-state index in [1.165, 1.54) is 5.56 Å². The molecule has 1 aromatic heterocycles. The van der Waals surface area contributed by atoms with Gasteiger partial charge in [-0.1, -0.05) is 30.3 Å². The first kappa shape index (κ1) is 16.1. The number of rotatable bonds is 5. The van der Waals surface area contributed by atoms with Crippen molar-refractivity contribution in [1.82, 2.24) is 10.3 Å². The fourth-order valence-electron chi connectivity index (χ4n) is 2.99. The summed E-state index contributed by atoms with van der Waals surface area (Å²) in [5.74, 6) is 0.0713. The number of hydrogen-bond donors (Lipinski definition) is 2. The van der Waals surface area contributed by atoms with E-state index >= 15 is 0 Å². The smallest absolute Gasteiger partial charge is 0.226 e.